The van der Waals surface area contributed by atoms with Gasteiger partial charge < -0.3 is 19.9 Å². The van der Waals surface area contributed by atoms with Crippen LogP contribution < -0.4 is 5.32 Å². The second kappa shape index (κ2) is 9.27. The SMILES string of the molecule is CCOC(=O)CC(O)[C@H](Cc1ccccc1)NC(=O)OC(C)(C)C. The summed E-state index contributed by atoms with van der Waals surface area (Å²) >= 11 is 0. The van der Waals surface area contributed by atoms with Gasteiger partial charge in [-0.25, -0.2) is 4.79 Å². The van der Waals surface area contributed by atoms with E-state index in [1.165, 1.54) is 0 Å². The summed E-state index contributed by atoms with van der Waals surface area (Å²) in [5.41, 5.74) is 0.287. The Morgan fingerprint density at radius 2 is 1.83 bits per heavy atom. The van der Waals surface area contributed by atoms with Gasteiger partial charge >= 0.3 is 12.1 Å². The van der Waals surface area contributed by atoms with Crippen molar-refractivity contribution in [2.75, 3.05) is 6.61 Å². The van der Waals surface area contributed by atoms with E-state index in [-0.39, 0.29) is 13.0 Å². The van der Waals surface area contributed by atoms with Crippen molar-refractivity contribution in [3.8, 4) is 0 Å². The Morgan fingerprint density at radius 1 is 1.21 bits per heavy atom. The van der Waals surface area contributed by atoms with Crippen molar-refractivity contribution >= 4 is 12.1 Å². The number of esters is 1. The van der Waals surface area contributed by atoms with Crippen LogP contribution >= 0.6 is 0 Å². The zero-order valence-corrected chi connectivity index (χ0v) is 14.7. The molecule has 0 saturated carbocycles. The van der Waals surface area contributed by atoms with Gasteiger partial charge in [-0.3, -0.25) is 4.79 Å². The van der Waals surface area contributed by atoms with Crippen molar-refractivity contribution in [2.45, 2.75) is 58.3 Å². The van der Waals surface area contributed by atoms with Crippen molar-refractivity contribution in [1.82, 2.24) is 5.32 Å². The fraction of sp³-hybridized carbons (Fsp3) is 0.556. The molecule has 6 nitrogen and oxygen atoms in total. The Hall–Kier alpha value is -2.08. The van der Waals surface area contributed by atoms with Crippen LogP contribution in [0.4, 0.5) is 4.79 Å². The van der Waals surface area contributed by atoms with Crippen LogP contribution in [-0.4, -0.2) is 41.5 Å². The molecule has 1 amide bonds. The molecule has 1 aromatic rings. The summed E-state index contributed by atoms with van der Waals surface area (Å²) in [7, 11) is 0. The molecule has 0 heterocycles. The number of aliphatic hydroxyl groups is 1. The van der Waals surface area contributed by atoms with Gasteiger partial charge in [0, 0.05) is 0 Å². The minimum atomic E-state index is -1.07. The van der Waals surface area contributed by atoms with Crippen LogP contribution in [-0.2, 0) is 20.7 Å². The van der Waals surface area contributed by atoms with Gasteiger partial charge in [0.05, 0.1) is 25.2 Å². The number of hydrogen-bond acceptors (Lipinski definition) is 5. The summed E-state index contributed by atoms with van der Waals surface area (Å²) < 4.78 is 10.1. The number of carbonyl (C=O) groups excluding carboxylic acids is 2. The highest BCUT2D eigenvalue weighted by Gasteiger charge is 2.27. The molecule has 0 aromatic heterocycles. The van der Waals surface area contributed by atoms with Gasteiger partial charge in [0.1, 0.15) is 5.60 Å². The molecule has 0 bridgehead atoms. The standard InChI is InChI=1S/C18H27NO5/c1-5-23-16(21)12-15(20)14(11-13-9-7-6-8-10-13)19-17(22)24-18(2,3)4/h6-10,14-15,20H,5,11-12H2,1-4H3,(H,19,22)/t14-,15?/m0/s1. The third-order valence-electron chi connectivity index (χ3n) is 3.15. The molecule has 6 heteroatoms. The number of rotatable bonds is 7. The van der Waals surface area contributed by atoms with Crippen LogP contribution in [0.5, 0.6) is 0 Å². The lowest BCUT2D eigenvalue weighted by atomic mass is 9.99. The highest BCUT2D eigenvalue weighted by molar-refractivity contribution is 5.71. The molecular formula is C18H27NO5. The zero-order valence-electron chi connectivity index (χ0n) is 14.7. The zero-order chi connectivity index (χ0) is 18.2. The average Bonchev–Trinajstić information content (AvgIpc) is 2.45. The maximum absolute atomic E-state index is 12.0. The number of benzene rings is 1. The first-order chi connectivity index (χ1) is 11.2. The second-order valence-electron chi connectivity index (χ2n) is 6.52. The van der Waals surface area contributed by atoms with E-state index in [9.17, 15) is 14.7 Å². The van der Waals surface area contributed by atoms with E-state index in [0.29, 0.717) is 6.42 Å². The number of alkyl carbamates (subject to hydrolysis) is 1. The Bertz CT molecular complexity index is 524. The van der Waals surface area contributed by atoms with Crippen LogP contribution in [0.1, 0.15) is 39.7 Å². The molecule has 0 radical (unpaired) electrons. The van der Waals surface area contributed by atoms with E-state index in [4.69, 9.17) is 9.47 Å². The van der Waals surface area contributed by atoms with Gasteiger partial charge in [-0.2, -0.15) is 0 Å². The van der Waals surface area contributed by atoms with Gasteiger partial charge in [0.25, 0.3) is 0 Å². The highest BCUT2D eigenvalue weighted by atomic mass is 16.6. The number of aliphatic hydroxyl groups excluding tert-OH is 1. The van der Waals surface area contributed by atoms with Crippen molar-refractivity contribution in [1.29, 1.82) is 0 Å². The molecule has 2 N–H and O–H groups in total. The minimum Gasteiger partial charge on any atom is -0.466 e. The topological polar surface area (TPSA) is 84.9 Å². The molecule has 0 aliphatic heterocycles. The van der Waals surface area contributed by atoms with Crippen molar-refractivity contribution < 1.29 is 24.2 Å². The van der Waals surface area contributed by atoms with Gasteiger partial charge in [-0.05, 0) is 39.7 Å². The van der Waals surface area contributed by atoms with Crippen LogP contribution in [0.15, 0.2) is 30.3 Å². The molecule has 1 aromatic carbocycles. The largest absolute Gasteiger partial charge is 0.466 e. The molecular weight excluding hydrogens is 310 g/mol. The molecule has 24 heavy (non-hydrogen) atoms. The summed E-state index contributed by atoms with van der Waals surface area (Å²) in [5, 5.41) is 13.0. The number of ether oxygens (including phenoxy) is 2. The Balaban J connectivity index is 2.78. The smallest absolute Gasteiger partial charge is 0.407 e. The van der Waals surface area contributed by atoms with Gasteiger partial charge in [-0.15, -0.1) is 0 Å². The summed E-state index contributed by atoms with van der Waals surface area (Å²) in [6, 6.07) is 8.75. The average molecular weight is 337 g/mol. The Labute approximate surface area is 143 Å². The first-order valence-electron chi connectivity index (χ1n) is 8.08. The van der Waals surface area contributed by atoms with Crippen molar-refractivity contribution in [2.24, 2.45) is 0 Å². The molecule has 0 aliphatic carbocycles. The quantitative estimate of drug-likeness (QED) is 0.747. The Kier molecular flexibility index (Phi) is 7.71. The number of hydrogen-bond donors (Lipinski definition) is 2. The summed E-state index contributed by atoms with van der Waals surface area (Å²) in [5.74, 6) is -0.506. The maximum Gasteiger partial charge on any atom is 0.407 e. The lowest BCUT2D eigenvalue weighted by molar-refractivity contribution is -0.145. The predicted octanol–water partition coefficient (Wildman–Crippen LogP) is 2.44. The van der Waals surface area contributed by atoms with Gasteiger partial charge in [0.15, 0.2) is 0 Å². The summed E-state index contributed by atoms with van der Waals surface area (Å²) in [6.45, 7) is 7.22. The first-order valence-corrected chi connectivity index (χ1v) is 8.08. The van der Waals surface area contributed by atoms with Crippen LogP contribution in [0.3, 0.4) is 0 Å². The molecule has 0 saturated heterocycles. The minimum absolute atomic E-state index is 0.193. The maximum atomic E-state index is 12.0. The van der Waals surface area contributed by atoms with Gasteiger partial charge in [-0.1, -0.05) is 30.3 Å². The highest BCUT2D eigenvalue weighted by Crippen LogP contribution is 2.12. The third kappa shape index (κ3) is 7.97. The molecule has 134 valence electrons. The normalized spacial score (nSPS) is 13.7. The van der Waals surface area contributed by atoms with Crippen molar-refractivity contribution in [3.63, 3.8) is 0 Å². The number of amides is 1. The molecule has 1 unspecified atom stereocenters. The Morgan fingerprint density at radius 3 is 2.38 bits per heavy atom. The second-order valence-corrected chi connectivity index (χ2v) is 6.52. The van der Waals surface area contributed by atoms with Crippen LogP contribution in [0, 0.1) is 0 Å². The molecule has 0 spiro atoms. The van der Waals surface area contributed by atoms with E-state index in [1.807, 2.05) is 30.3 Å². The lowest BCUT2D eigenvalue weighted by Gasteiger charge is -2.26. The number of nitrogens with one attached hydrogen (secondary N) is 1. The predicted molar refractivity (Wildman–Crippen MR) is 90.6 cm³/mol. The molecule has 1 rings (SSSR count). The van der Waals surface area contributed by atoms with E-state index < -0.39 is 29.8 Å². The van der Waals surface area contributed by atoms with E-state index in [0.717, 1.165) is 5.56 Å². The lowest BCUT2D eigenvalue weighted by Crippen LogP contribution is -2.47. The molecule has 0 fully saturated rings. The third-order valence-corrected chi connectivity index (χ3v) is 3.15. The van der Waals surface area contributed by atoms with E-state index >= 15 is 0 Å². The first kappa shape index (κ1) is 20.0. The van der Waals surface area contributed by atoms with Crippen LogP contribution in [0.25, 0.3) is 0 Å². The number of carbonyl (C=O) groups is 2. The van der Waals surface area contributed by atoms with Gasteiger partial charge in [0.2, 0.25) is 0 Å². The van der Waals surface area contributed by atoms with E-state index in [1.54, 1.807) is 27.7 Å². The summed E-state index contributed by atoms with van der Waals surface area (Å²) in [4.78, 5) is 23.6. The molecule has 0 aliphatic rings. The van der Waals surface area contributed by atoms with Crippen LogP contribution in [0.2, 0.25) is 0 Å². The van der Waals surface area contributed by atoms with E-state index in [2.05, 4.69) is 5.32 Å². The fourth-order valence-electron chi connectivity index (χ4n) is 2.14. The van der Waals surface area contributed by atoms with Crippen molar-refractivity contribution in [3.05, 3.63) is 35.9 Å². The summed E-state index contributed by atoms with van der Waals surface area (Å²) in [6.07, 6.45) is -1.52. The monoisotopic (exact) mass is 337 g/mol. The fourth-order valence-corrected chi connectivity index (χ4v) is 2.14. The molecule has 2 atom stereocenters.